The number of carboxylic acids is 1. The van der Waals surface area contributed by atoms with Crippen LogP contribution in [0.15, 0.2) is 34.7 Å². The molecule has 2 aromatic rings. The quantitative estimate of drug-likeness (QED) is 0.775. The molecular formula is C19H18F3NO4. The van der Waals surface area contributed by atoms with E-state index >= 15 is 0 Å². The van der Waals surface area contributed by atoms with Crippen LogP contribution in [-0.2, 0) is 12.6 Å². The van der Waals surface area contributed by atoms with E-state index in [1.807, 2.05) is 0 Å². The van der Waals surface area contributed by atoms with E-state index < -0.39 is 29.7 Å². The zero-order valence-corrected chi connectivity index (χ0v) is 14.5. The van der Waals surface area contributed by atoms with E-state index in [-0.39, 0.29) is 23.0 Å². The fourth-order valence-electron chi connectivity index (χ4n) is 3.01. The van der Waals surface area contributed by atoms with Crippen LogP contribution in [0, 0.1) is 5.92 Å². The Balaban J connectivity index is 1.86. The molecule has 1 saturated carbocycles. The van der Waals surface area contributed by atoms with Crippen molar-refractivity contribution < 1.29 is 32.3 Å². The number of furan rings is 1. The number of halogens is 3. The molecule has 1 unspecified atom stereocenters. The molecule has 1 aliphatic carbocycles. The molecule has 0 spiro atoms. The lowest BCUT2D eigenvalue weighted by Gasteiger charge is -2.19. The molecule has 1 amide bonds. The molecule has 144 valence electrons. The highest BCUT2D eigenvalue weighted by molar-refractivity contribution is 5.96. The second-order valence-corrected chi connectivity index (χ2v) is 6.52. The summed E-state index contributed by atoms with van der Waals surface area (Å²) in [5.41, 5.74) is -0.509. The van der Waals surface area contributed by atoms with Gasteiger partial charge in [-0.25, -0.2) is 4.79 Å². The van der Waals surface area contributed by atoms with E-state index in [1.165, 1.54) is 6.07 Å². The van der Waals surface area contributed by atoms with E-state index in [4.69, 9.17) is 9.52 Å². The Hall–Kier alpha value is -2.77. The number of aryl methyl sites for hydroxylation is 1. The van der Waals surface area contributed by atoms with Crippen molar-refractivity contribution in [2.75, 3.05) is 0 Å². The van der Waals surface area contributed by atoms with Crippen molar-refractivity contribution in [2.24, 2.45) is 5.92 Å². The zero-order valence-electron chi connectivity index (χ0n) is 14.5. The van der Waals surface area contributed by atoms with Gasteiger partial charge in [0.05, 0.1) is 11.6 Å². The van der Waals surface area contributed by atoms with Crippen LogP contribution in [0.4, 0.5) is 13.2 Å². The van der Waals surface area contributed by atoms with Crippen molar-refractivity contribution in [1.82, 2.24) is 5.32 Å². The average Bonchev–Trinajstić information content (AvgIpc) is 3.35. The highest BCUT2D eigenvalue weighted by atomic mass is 19.4. The number of carbonyl (C=O) groups excluding carboxylic acids is 1. The lowest BCUT2D eigenvalue weighted by molar-refractivity contribution is -0.137. The Morgan fingerprint density at radius 1 is 1.30 bits per heavy atom. The summed E-state index contributed by atoms with van der Waals surface area (Å²) in [6.07, 6.45) is -2.59. The van der Waals surface area contributed by atoms with E-state index in [0.29, 0.717) is 12.0 Å². The summed E-state index contributed by atoms with van der Waals surface area (Å²) < 4.78 is 44.3. The first-order chi connectivity index (χ1) is 12.7. The summed E-state index contributed by atoms with van der Waals surface area (Å²) in [6.45, 7) is 1.70. The molecule has 5 nitrogen and oxygen atoms in total. The smallest absolute Gasteiger partial charge is 0.416 e. The van der Waals surface area contributed by atoms with Crippen molar-refractivity contribution in [1.29, 1.82) is 0 Å². The Bertz CT molecular complexity index is 868. The lowest BCUT2D eigenvalue weighted by Crippen LogP contribution is -2.29. The largest absolute Gasteiger partial charge is 0.478 e. The van der Waals surface area contributed by atoms with Crippen molar-refractivity contribution in [3.05, 3.63) is 58.5 Å². The Morgan fingerprint density at radius 2 is 2.00 bits per heavy atom. The SMILES string of the molecule is CCc1oc(C(=O)NC(c2cccc(C(F)(F)F)c2)C2CC2)cc1C(=O)O. The molecular weight excluding hydrogens is 363 g/mol. The molecule has 27 heavy (non-hydrogen) atoms. The third kappa shape index (κ3) is 4.15. The summed E-state index contributed by atoms with van der Waals surface area (Å²) in [6, 6.07) is 5.42. The number of hydrogen-bond donors (Lipinski definition) is 2. The molecule has 1 heterocycles. The second-order valence-electron chi connectivity index (χ2n) is 6.52. The fourth-order valence-corrected chi connectivity index (χ4v) is 3.01. The number of carbonyl (C=O) groups is 2. The normalized spacial score (nSPS) is 15.4. The summed E-state index contributed by atoms with van der Waals surface area (Å²) in [5, 5.41) is 11.9. The van der Waals surface area contributed by atoms with E-state index in [0.717, 1.165) is 31.0 Å². The number of benzene rings is 1. The van der Waals surface area contributed by atoms with Gasteiger partial charge in [-0.1, -0.05) is 19.1 Å². The Morgan fingerprint density at radius 3 is 2.52 bits per heavy atom. The molecule has 3 rings (SSSR count). The van der Waals surface area contributed by atoms with Gasteiger partial charge < -0.3 is 14.8 Å². The van der Waals surface area contributed by atoms with Gasteiger partial charge in [0.25, 0.3) is 5.91 Å². The maximum Gasteiger partial charge on any atom is 0.416 e. The van der Waals surface area contributed by atoms with Gasteiger partial charge in [0.2, 0.25) is 0 Å². The van der Waals surface area contributed by atoms with Crippen LogP contribution >= 0.6 is 0 Å². The van der Waals surface area contributed by atoms with Crippen molar-refractivity contribution >= 4 is 11.9 Å². The summed E-state index contributed by atoms with van der Waals surface area (Å²) in [7, 11) is 0. The maximum atomic E-state index is 13.0. The molecule has 1 atom stereocenters. The molecule has 1 aliphatic rings. The van der Waals surface area contributed by atoms with Crippen molar-refractivity contribution in [3.63, 3.8) is 0 Å². The van der Waals surface area contributed by atoms with Gasteiger partial charge in [0, 0.05) is 12.5 Å². The van der Waals surface area contributed by atoms with Crippen molar-refractivity contribution in [2.45, 2.75) is 38.4 Å². The second kappa shape index (κ2) is 7.09. The van der Waals surface area contributed by atoms with E-state index in [2.05, 4.69) is 5.32 Å². The highest BCUT2D eigenvalue weighted by Crippen LogP contribution is 2.42. The van der Waals surface area contributed by atoms with Crippen molar-refractivity contribution in [3.8, 4) is 0 Å². The fraction of sp³-hybridized carbons (Fsp3) is 0.368. The number of hydrogen-bond acceptors (Lipinski definition) is 3. The van der Waals surface area contributed by atoms with Gasteiger partial charge in [-0.05, 0) is 36.5 Å². The summed E-state index contributed by atoms with van der Waals surface area (Å²) >= 11 is 0. The molecule has 1 fully saturated rings. The van der Waals surface area contributed by atoms with Crippen LogP contribution in [0.1, 0.15) is 63.6 Å². The lowest BCUT2D eigenvalue weighted by atomic mass is 9.99. The zero-order chi connectivity index (χ0) is 19.8. The Labute approximate surface area is 153 Å². The van der Waals surface area contributed by atoms with Gasteiger partial charge >= 0.3 is 12.1 Å². The minimum atomic E-state index is -4.47. The van der Waals surface area contributed by atoms with Crippen LogP contribution in [0.5, 0.6) is 0 Å². The minimum absolute atomic E-state index is 0.0389. The predicted molar refractivity (Wildman–Crippen MR) is 89.4 cm³/mol. The van der Waals surface area contributed by atoms with E-state index in [1.54, 1.807) is 13.0 Å². The van der Waals surface area contributed by atoms with Crippen LogP contribution < -0.4 is 5.32 Å². The number of aromatic carboxylic acids is 1. The molecule has 0 bridgehead atoms. The average molecular weight is 381 g/mol. The summed E-state index contributed by atoms with van der Waals surface area (Å²) in [5.74, 6) is -1.80. The molecule has 1 aromatic heterocycles. The first-order valence-electron chi connectivity index (χ1n) is 8.54. The molecule has 0 saturated heterocycles. The first-order valence-corrected chi connectivity index (χ1v) is 8.54. The van der Waals surface area contributed by atoms with Gasteiger partial charge in [-0.2, -0.15) is 13.2 Å². The maximum absolute atomic E-state index is 13.0. The predicted octanol–water partition coefficient (Wildman–Crippen LogP) is 4.44. The minimum Gasteiger partial charge on any atom is -0.478 e. The standard InChI is InChI=1S/C19H18F3NO4/c1-2-14-13(18(25)26)9-15(27-14)17(24)23-16(10-6-7-10)11-4-3-5-12(8-11)19(20,21)22/h3-5,8-10,16H,2,6-7H2,1H3,(H,23,24)(H,25,26). The van der Waals surface area contributed by atoms with Gasteiger partial charge in [-0.3, -0.25) is 4.79 Å². The van der Waals surface area contributed by atoms with E-state index in [9.17, 15) is 22.8 Å². The monoisotopic (exact) mass is 381 g/mol. The number of carboxylic acid groups (broad SMARTS) is 1. The molecule has 2 N–H and O–H groups in total. The number of rotatable bonds is 6. The van der Waals surface area contributed by atoms with Gasteiger partial charge in [0.1, 0.15) is 11.3 Å². The first kappa shape index (κ1) is 19.0. The van der Waals surface area contributed by atoms with Crippen LogP contribution in [0.25, 0.3) is 0 Å². The number of amides is 1. The van der Waals surface area contributed by atoms with Crippen LogP contribution in [0.3, 0.4) is 0 Å². The topological polar surface area (TPSA) is 79.5 Å². The third-order valence-electron chi connectivity index (χ3n) is 4.54. The summed E-state index contributed by atoms with van der Waals surface area (Å²) in [4.78, 5) is 23.7. The highest BCUT2D eigenvalue weighted by Gasteiger charge is 2.36. The van der Waals surface area contributed by atoms with Gasteiger partial charge in [-0.15, -0.1) is 0 Å². The van der Waals surface area contributed by atoms with Crippen LogP contribution in [0.2, 0.25) is 0 Å². The Kier molecular flexibility index (Phi) is 4.99. The van der Waals surface area contributed by atoms with Crippen LogP contribution in [-0.4, -0.2) is 17.0 Å². The molecule has 1 aromatic carbocycles. The third-order valence-corrected chi connectivity index (χ3v) is 4.54. The molecule has 0 radical (unpaired) electrons. The number of alkyl halides is 3. The van der Waals surface area contributed by atoms with Gasteiger partial charge in [0.15, 0.2) is 5.76 Å². The number of nitrogens with one attached hydrogen (secondary N) is 1. The molecule has 0 aliphatic heterocycles. The molecule has 8 heteroatoms.